The summed E-state index contributed by atoms with van der Waals surface area (Å²) in [5.41, 5.74) is 2.41. The molecule has 0 N–H and O–H groups in total. The molecule has 1 unspecified atom stereocenters. The molecule has 1 fully saturated rings. The van der Waals surface area contributed by atoms with E-state index in [1.54, 1.807) is 11.8 Å². The number of aromatic nitrogens is 1. The van der Waals surface area contributed by atoms with Gasteiger partial charge >= 0.3 is 0 Å². The molecular formula is C24H25N3O4. The van der Waals surface area contributed by atoms with E-state index >= 15 is 0 Å². The second-order valence-corrected chi connectivity index (χ2v) is 8.14. The predicted octanol–water partition coefficient (Wildman–Crippen LogP) is 3.74. The summed E-state index contributed by atoms with van der Waals surface area (Å²) in [6.07, 6.45) is 1.40. The van der Waals surface area contributed by atoms with Crippen molar-refractivity contribution in [1.29, 1.82) is 0 Å². The first-order valence-electron chi connectivity index (χ1n) is 10.8. The summed E-state index contributed by atoms with van der Waals surface area (Å²) in [5.74, 6) is 1.63. The van der Waals surface area contributed by atoms with E-state index in [0.29, 0.717) is 31.8 Å². The number of nitrogens with zero attached hydrogens (tertiary/aromatic N) is 3. The number of para-hydroxylation sites is 4. The Hall–Kier alpha value is -3.35. The van der Waals surface area contributed by atoms with Crippen molar-refractivity contribution in [3.8, 4) is 5.75 Å². The molecule has 2 aromatic carbocycles. The number of anilines is 1. The van der Waals surface area contributed by atoms with Crippen LogP contribution < -0.4 is 9.64 Å². The number of carbonyl (C=O) groups excluding carboxylic acids is 2. The Bertz CT molecular complexity index is 1080. The molecule has 2 amide bonds. The van der Waals surface area contributed by atoms with Crippen LogP contribution in [0.3, 0.4) is 0 Å². The van der Waals surface area contributed by atoms with Crippen LogP contribution in [0.1, 0.15) is 38.0 Å². The van der Waals surface area contributed by atoms with Crippen molar-refractivity contribution in [2.45, 2.75) is 38.2 Å². The fourth-order valence-electron chi connectivity index (χ4n) is 4.40. The van der Waals surface area contributed by atoms with Gasteiger partial charge in [-0.05, 0) is 44.0 Å². The smallest absolute Gasteiger partial charge is 0.267 e. The van der Waals surface area contributed by atoms with E-state index in [-0.39, 0.29) is 17.7 Å². The standard InChI is InChI=1S/C24H25N3O4/c1-16-24(29)27(19-7-3-5-9-21(19)30-16)15-12-22(28)26-13-10-17(11-14-26)23-25-18-6-2-4-8-20(18)31-23/h2-9,16-17H,10-15H2,1H3. The number of likely N-dealkylation sites (tertiary alicyclic amines) is 1. The van der Waals surface area contributed by atoms with Gasteiger partial charge in [0.25, 0.3) is 5.91 Å². The molecule has 5 rings (SSSR count). The zero-order valence-electron chi connectivity index (χ0n) is 17.5. The van der Waals surface area contributed by atoms with E-state index in [0.717, 1.165) is 35.5 Å². The summed E-state index contributed by atoms with van der Waals surface area (Å²) in [5, 5.41) is 0. The Balaban J connectivity index is 1.19. The Morgan fingerprint density at radius 2 is 1.84 bits per heavy atom. The minimum Gasteiger partial charge on any atom is -0.479 e. The van der Waals surface area contributed by atoms with Gasteiger partial charge in [-0.25, -0.2) is 4.98 Å². The number of hydrogen-bond donors (Lipinski definition) is 0. The minimum absolute atomic E-state index is 0.0699. The summed E-state index contributed by atoms with van der Waals surface area (Å²) < 4.78 is 11.6. The fraction of sp³-hybridized carbons (Fsp3) is 0.375. The Morgan fingerprint density at radius 1 is 1.10 bits per heavy atom. The van der Waals surface area contributed by atoms with Gasteiger partial charge in [0, 0.05) is 32.0 Å². The number of fused-ring (bicyclic) bond motifs is 2. The van der Waals surface area contributed by atoms with Gasteiger partial charge < -0.3 is 19.0 Å². The average molecular weight is 419 g/mol. The van der Waals surface area contributed by atoms with E-state index in [4.69, 9.17) is 9.15 Å². The third-order valence-electron chi connectivity index (χ3n) is 6.13. The minimum atomic E-state index is -0.544. The van der Waals surface area contributed by atoms with Gasteiger partial charge in [0.15, 0.2) is 17.6 Å². The number of ether oxygens (including phenoxy) is 1. The fourth-order valence-corrected chi connectivity index (χ4v) is 4.40. The first kappa shape index (κ1) is 19.6. The summed E-state index contributed by atoms with van der Waals surface area (Å²) in [6, 6.07) is 15.2. The molecule has 3 heterocycles. The van der Waals surface area contributed by atoms with E-state index < -0.39 is 6.10 Å². The van der Waals surface area contributed by atoms with Crippen molar-refractivity contribution in [3.63, 3.8) is 0 Å². The highest BCUT2D eigenvalue weighted by Gasteiger charge is 2.32. The van der Waals surface area contributed by atoms with Crippen LogP contribution in [0, 0.1) is 0 Å². The lowest BCUT2D eigenvalue weighted by molar-refractivity contribution is -0.132. The number of carbonyl (C=O) groups is 2. The summed E-state index contributed by atoms with van der Waals surface area (Å²) >= 11 is 0. The monoisotopic (exact) mass is 419 g/mol. The zero-order valence-corrected chi connectivity index (χ0v) is 17.5. The van der Waals surface area contributed by atoms with Gasteiger partial charge in [0.1, 0.15) is 11.3 Å². The molecule has 1 aromatic heterocycles. The molecule has 0 bridgehead atoms. The summed E-state index contributed by atoms with van der Waals surface area (Å²) in [6.45, 7) is 3.44. The third-order valence-corrected chi connectivity index (χ3v) is 6.13. The van der Waals surface area contributed by atoms with E-state index in [2.05, 4.69) is 4.98 Å². The number of piperidine rings is 1. The molecule has 7 heteroatoms. The predicted molar refractivity (Wildman–Crippen MR) is 116 cm³/mol. The Morgan fingerprint density at radius 3 is 2.65 bits per heavy atom. The highest BCUT2D eigenvalue weighted by molar-refractivity contribution is 6.00. The molecule has 160 valence electrons. The van der Waals surface area contributed by atoms with Crippen molar-refractivity contribution in [2.75, 3.05) is 24.5 Å². The van der Waals surface area contributed by atoms with Crippen LogP contribution in [0.5, 0.6) is 5.75 Å². The maximum atomic E-state index is 12.8. The highest BCUT2D eigenvalue weighted by Crippen LogP contribution is 2.34. The van der Waals surface area contributed by atoms with Gasteiger partial charge in [0.2, 0.25) is 5.91 Å². The molecule has 0 radical (unpaired) electrons. The maximum Gasteiger partial charge on any atom is 0.267 e. The summed E-state index contributed by atoms with van der Waals surface area (Å²) in [4.78, 5) is 33.6. The van der Waals surface area contributed by atoms with Crippen molar-refractivity contribution in [3.05, 3.63) is 54.4 Å². The van der Waals surface area contributed by atoms with Crippen LogP contribution in [-0.4, -0.2) is 47.4 Å². The normalized spacial score (nSPS) is 19.4. The lowest BCUT2D eigenvalue weighted by Crippen LogP contribution is -2.46. The molecule has 2 aliphatic rings. The van der Waals surface area contributed by atoms with Gasteiger partial charge in [-0.3, -0.25) is 9.59 Å². The van der Waals surface area contributed by atoms with Gasteiger partial charge in [0.05, 0.1) is 5.69 Å². The van der Waals surface area contributed by atoms with Gasteiger partial charge in [-0.2, -0.15) is 0 Å². The van der Waals surface area contributed by atoms with E-state index in [1.165, 1.54) is 0 Å². The molecule has 1 atom stereocenters. The van der Waals surface area contributed by atoms with E-state index in [1.807, 2.05) is 53.4 Å². The van der Waals surface area contributed by atoms with Crippen LogP contribution in [0.4, 0.5) is 5.69 Å². The van der Waals surface area contributed by atoms with Crippen molar-refractivity contribution >= 4 is 28.6 Å². The number of amides is 2. The quantitative estimate of drug-likeness (QED) is 0.644. The van der Waals surface area contributed by atoms with Crippen LogP contribution in [0.25, 0.3) is 11.1 Å². The first-order valence-corrected chi connectivity index (χ1v) is 10.8. The Kier molecular flexibility index (Phi) is 5.10. The molecule has 0 spiro atoms. The van der Waals surface area contributed by atoms with Crippen LogP contribution >= 0.6 is 0 Å². The topological polar surface area (TPSA) is 75.9 Å². The third kappa shape index (κ3) is 3.76. The maximum absolute atomic E-state index is 12.8. The molecular weight excluding hydrogens is 394 g/mol. The largest absolute Gasteiger partial charge is 0.479 e. The average Bonchev–Trinajstić information content (AvgIpc) is 3.24. The number of rotatable bonds is 4. The first-order chi connectivity index (χ1) is 15.1. The summed E-state index contributed by atoms with van der Waals surface area (Å²) in [7, 11) is 0. The molecule has 0 saturated carbocycles. The molecule has 0 aliphatic carbocycles. The molecule has 2 aliphatic heterocycles. The van der Waals surface area contributed by atoms with Crippen LogP contribution in [0.15, 0.2) is 52.9 Å². The van der Waals surface area contributed by atoms with Gasteiger partial charge in [-0.1, -0.05) is 24.3 Å². The lowest BCUT2D eigenvalue weighted by atomic mass is 9.96. The lowest BCUT2D eigenvalue weighted by Gasteiger charge is -2.34. The highest BCUT2D eigenvalue weighted by atomic mass is 16.5. The molecule has 1 saturated heterocycles. The van der Waals surface area contributed by atoms with Gasteiger partial charge in [-0.15, -0.1) is 0 Å². The second-order valence-electron chi connectivity index (χ2n) is 8.14. The van der Waals surface area contributed by atoms with Crippen LogP contribution in [-0.2, 0) is 9.59 Å². The molecule has 31 heavy (non-hydrogen) atoms. The number of hydrogen-bond acceptors (Lipinski definition) is 5. The van der Waals surface area contributed by atoms with Crippen molar-refractivity contribution < 1.29 is 18.7 Å². The van der Waals surface area contributed by atoms with Crippen molar-refractivity contribution in [1.82, 2.24) is 9.88 Å². The van der Waals surface area contributed by atoms with Crippen molar-refractivity contribution in [2.24, 2.45) is 0 Å². The number of oxazole rings is 1. The molecule has 3 aromatic rings. The SMILES string of the molecule is CC1Oc2ccccc2N(CCC(=O)N2CCC(c3nc4ccccc4o3)CC2)C1=O. The van der Waals surface area contributed by atoms with E-state index in [9.17, 15) is 9.59 Å². The molecule has 7 nitrogen and oxygen atoms in total. The second kappa shape index (κ2) is 8.06. The zero-order chi connectivity index (χ0) is 21.4. The number of benzene rings is 2. The van der Waals surface area contributed by atoms with Crippen LogP contribution in [0.2, 0.25) is 0 Å². The Labute approximate surface area is 180 Å².